The Balaban J connectivity index is 1.21. The van der Waals surface area contributed by atoms with E-state index in [1.54, 1.807) is 0 Å². The van der Waals surface area contributed by atoms with Gasteiger partial charge in [0.15, 0.2) is 11.5 Å². The molecule has 8 aromatic rings. The van der Waals surface area contributed by atoms with Gasteiger partial charge in [0.25, 0.3) is 0 Å². The summed E-state index contributed by atoms with van der Waals surface area (Å²) >= 11 is 1.82. The Labute approximate surface area is 234 Å². The van der Waals surface area contributed by atoms with E-state index in [4.69, 9.17) is 9.15 Å². The molecule has 0 radical (unpaired) electrons. The quantitative estimate of drug-likeness (QED) is 0.222. The van der Waals surface area contributed by atoms with Gasteiger partial charge in [0.1, 0.15) is 11.2 Å². The molecule has 0 amide bonds. The van der Waals surface area contributed by atoms with Gasteiger partial charge in [0.05, 0.1) is 11.4 Å². The molecule has 0 saturated heterocycles. The van der Waals surface area contributed by atoms with Gasteiger partial charge in [0.2, 0.25) is 0 Å². The number of furan rings is 1. The number of thiophene rings is 1. The van der Waals surface area contributed by atoms with Crippen LogP contribution in [0.2, 0.25) is 0 Å². The van der Waals surface area contributed by atoms with Gasteiger partial charge in [-0.2, -0.15) is 0 Å². The van der Waals surface area contributed by atoms with Crippen LogP contribution in [-0.2, 0) is 0 Å². The number of anilines is 3. The Morgan fingerprint density at radius 1 is 0.500 bits per heavy atom. The van der Waals surface area contributed by atoms with Gasteiger partial charge in [-0.1, -0.05) is 72.8 Å². The number of fused-ring (bicyclic) bond motifs is 9. The Bertz CT molecular complexity index is 2210. The van der Waals surface area contributed by atoms with Crippen LogP contribution in [0, 0.1) is 0 Å². The lowest BCUT2D eigenvalue weighted by Gasteiger charge is -2.32. The van der Waals surface area contributed by atoms with Gasteiger partial charge in [-0.25, -0.2) is 0 Å². The summed E-state index contributed by atoms with van der Waals surface area (Å²) < 4.78 is 15.5. The van der Waals surface area contributed by atoms with Crippen LogP contribution in [0.25, 0.3) is 53.2 Å². The molecule has 0 atom stereocenters. The van der Waals surface area contributed by atoms with Crippen molar-refractivity contribution in [1.29, 1.82) is 0 Å². The van der Waals surface area contributed by atoms with Gasteiger partial charge in [-0.05, 0) is 60.2 Å². The minimum atomic E-state index is 0.851. The molecule has 6 aromatic carbocycles. The lowest BCUT2D eigenvalue weighted by Crippen LogP contribution is -2.15. The lowest BCUT2D eigenvalue weighted by molar-refractivity contribution is 0.477. The van der Waals surface area contributed by atoms with E-state index < -0.39 is 0 Å². The second kappa shape index (κ2) is 8.22. The fraction of sp³-hybridized carbons (Fsp3) is 0. The summed E-state index contributed by atoms with van der Waals surface area (Å²) in [6.07, 6.45) is 0. The molecule has 0 saturated carbocycles. The third-order valence-corrected chi connectivity index (χ3v) is 9.01. The van der Waals surface area contributed by atoms with Crippen molar-refractivity contribution in [3.05, 3.63) is 127 Å². The van der Waals surface area contributed by atoms with Gasteiger partial charge >= 0.3 is 0 Å². The van der Waals surface area contributed by atoms with Crippen molar-refractivity contribution in [1.82, 2.24) is 0 Å². The third kappa shape index (κ3) is 3.05. The first-order chi connectivity index (χ1) is 19.8. The second-order valence-electron chi connectivity index (χ2n) is 10.1. The molecule has 0 N–H and O–H groups in total. The molecular formula is C36H21NO2S. The molecule has 0 bridgehead atoms. The van der Waals surface area contributed by atoms with Crippen LogP contribution in [0.1, 0.15) is 0 Å². The minimum Gasteiger partial charge on any atom is -0.455 e. The van der Waals surface area contributed by atoms with Crippen LogP contribution in [0.3, 0.4) is 0 Å². The minimum absolute atomic E-state index is 0.851. The molecule has 3 nitrogen and oxygen atoms in total. The topological polar surface area (TPSA) is 25.6 Å². The predicted octanol–water partition coefficient (Wildman–Crippen LogP) is 11.2. The number of hydrogen-bond donors (Lipinski definition) is 0. The SMILES string of the molecule is c1ccc2c(c1)Oc1ccccc1N2c1ccc(-c2cccc3c2oc2c3ccc3sc4ccccc4c32)cc1. The van der Waals surface area contributed by atoms with Crippen molar-refractivity contribution >= 4 is 70.5 Å². The molecule has 188 valence electrons. The van der Waals surface area contributed by atoms with Gasteiger partial charge in [-0.3, -0.25) is 0 Å². The molecule has 9 rings (SSSR count). The van der Waals surface area contributed by atoms with E-state index in [1.807, 2.05) is 47.7 Å². The highest BCUT2D eigenvalue weighted by Gasteiger charge is 2.25. The van der Waals surface area contributed by atoms with Gasteiger partial charge < -0.3 is 14.1 Å². The zero-order valence-corrected chi connectivity index (χ0v) is 22.1. The van der Waals surface area contributed by atoms with E-state index in [-0.39, 0.29) is 0 Å². The highest BCUT2D eigenvalue weighted by atomic mass is 32.1. The summed E-state index contributed by atoms with van der Waals surface area (Å²) in [6.45, 7) is 0. The second-order valence-corrected chi connectivity index (χ2v) is 11.2. The summed E-state index contributed by atoms with van der Waals surface area (Å²) in [5.74, 6) is 1.70. The average Bonchev–Trinajstić information content (AvgIpc) is 3.58. The largest absolute Gasteiger partial charge is 0.455 e. The molecule has 0 unspecified atom stereocenters. The van der Waals surface area contributed by atoms with Crippen LogP contribution >= 0.6 is 11.3 Å². The normalized spacial score (nSPS) is 12.7. The lowest BCUT2D eigenvalue weighted by atomic mass is 10.0. The molecule has 3 heterocycles. The number of para-hydroxylation sites is 5. The molecule has 40 heavy (non-hydrogen) atoms. The van der Waals surface area contributed by atoms with Gasteiger partial charge in [-0.15, -0.1) is 11.3 Å². The highest BCUT2D eigenvalue weighted by Crippen LogP contribution is 2.50. The van der Waals surface area contributed by atoms with E-state index in [0.717, 1.165) is 61.6 Å². The van der Waals surface area contributed by atoms with E-state index >= 15 is 0 Å². The fourth-order valence-corrected chi connectivity index (χ4v) is 7.17. The molecule has 0 spiro atoms. The van der Waals surface area contributed by atoms with Crippen LogP contribution < -0.4 is 9.64 Å². The number of rotatable bonds is 2. The standard InChI is InChI=1S/C36H21NO2S/c1-6-15-32-27(8-1)34-33(40-32)21-20-26-25-10-7-9-24(35(25)39-36(26)34)22-16-18-23(19-17-22)37-28-11-2-4-13-30(28)38-31-14-5-3-12-29(31)37/h1-21H. The van der Waals surface area contributed by atoms with Crippen LogP contribution in [-0.4, -0.2) is 0 Å². The first-order valence-electron chi connectivity index (χ1n) is 13.4. The van der Waals surface area contributed by atoms with Crippen LogP contribution in [0.4, 0.5) is 17.1 Å². The fourth-order valence-electron chi connectivity index (χ4n) is 6.06. The Morgan fingerprint density at radius 3 is 1.98 bits per heavy atom. The number of benzene rings is 6. The number of nitrogens with zero attached hydrogens (tertiary/aromatic N) is 1. The molecular weight excluding hydrogens is 510 g/mol. The predicted molar refractivity (Wildman–Crippen MR) is 167 cm³/mol. The molecule has 4 heteroatoms. The van der Waals surface area contributed by atoms with Crippen molar-refractivity contribution in [3.63, 3.8) is 0 Å². The Hall–Kier alpha value is -5.06. The molecule has 1 aliphatic heterocycles. The highest BCUT2D eigenvalue weighted by molar-refractivity contribution is 7.26. The van der Waals surface area contributed by atoms with Crippen LogP contribution in [0.15, 0.2) is 132 Å². The van der Waals surface area contributed by atoms with Crippen molar-refractivity contribution in [3.8, 4) is 22.6 Å². The Kier molecular flexibility index (Phi) is 4.48. The van der Waals surface area contributed by atoms with Crippen molar-refractivity contribution in [2.24, 2.45) is 0 Å². The zero-order chi connectivity index (χ0) is 26.2. The van der Waals surface area contributed by atoms with Crippen molar-refractivity contribution < 1.29 is 9.15 Å². The Morgan fingerprint density at radius 2 is 1.18 bits per heavy atom. The smallest absolute Gasteiger partial charge is 0.151 e. The summed E-state index contributed by atoms with van der Waals surface area (Å²) in [5.41, 5.74) is 7.24. The summed E-state index contributed by atoms with van der Waals surface area (Å²) in [6, 6.07) is 44.6. The maximum Gasteiger partial charge on any atom is 0.151 e. The maximum absolute atomic E-state index is 6.74. The zero-order valence-electron chi connectivity index (χ0n) is 21.3. The average molecular weight is 532 g/mol. The van der Waals surface area contributed by atoms with Crippen molar-refractivity contribution in [2.45, 2.75) is 0 Å². The molecule has 1 aliphatic rings. The first kappa shape index (κ1) is 21.8. The van der Waals surface area contributed by atoms with E-state index in [9.17, 15) is 0 Å². The number of ether oxygens (including phenoxy) is 1. The van der Waals surface area contributed by atoms with Gasteiger partial charge in [0, 0.05) is 42.2 Å². The van der Waals surface area contributed by atoms with Crippen LogP contribution in [0.5, 0.6) is 11.5 Å². The van der Waals surface area contributed by atoms with E-state index in [2.05, 4.69) is 95.9 Å². The van der Waals surface area contributed by atoms with E-state index in [1.165, 1.54) is 20.2 Å². The van der Waals surface area contributed by atoms with Crippen molar-refractivity contribution in [2.75, 3.05) is 4.90 Å². The molecule has 0 fully saturated rings. The monoisotopic (exact) mass is 531 g/mol. The summed E-state index contributed by atoms with van der Waals surface area (Å²) in [5, 5.41) is 4.76. The molecule has 2 aromatic heterocycles. The molecule has 0 aliphatic carbocycles. The third-order valence-electron chi connectivity index (χ3n) is 7.87. The number of hydrogen-bond acceptors (Lipinski definition) is 4. The van der Waals surface area contributed by atoms with E-state index in [0.29, 0.717) is 0 Å². The summed E-state index contributed by atoms with van der Waals surface area (Å²) in [4.78, 5) is 2.26. The summed E-state index contributed by atoms with van der Waals surface area (Å²) in [7, 11) is 0. The first-order valence-corrected chi connectivity index (χ1v) is 14.2. The maximum atomic E-state index is 6.74.